The zero-order valence-corrected chi connectivity index (χ0v) is 8.71. The molecule has 0 unspecified atom stereocenters. The Morgan fingerprint density at radius 1 is 1.57 bits per heavy atom. The molecule has 0 fully saturated rings. The Labute approximate surface area is 88.4 Å². The van der Waals surface area contributed by atoms with Crippen molar-refractivity contribution in [1.29, 1.82) is 0 Å². The standard InChI is InChI=1S/C11H12ClNO/c1-8-7-9(5-6-10(8)12)3-2-4-11(13)14/h2-3,5-7H,4H2,1H3,(H2,13,14). The molecule has 2 N–H and O–H groups in total. The van der Waals surface area contributed by atoms with Gasteiger partial charge < -0.3 is 5.73 Å². The summed E-state index contributed by atoms with van der Waals surface area (Å²) in [6.07, 6.45) is 3.86. The van der Waals surface area contributed by atoms with E-state index in [0.29, 0.717) is 0 Å². The van der Waals surface area contributed by atoms with Gasteiger partial charge in [0.1, 0.15) is 0 Å². The van der Waals surface area contributed by atoms with Gasteiger partial charge in [-0.1, -0.05) is 35.9 Å². The number of primary amides is 1. The van der Waals surface area contributed by atoms with Crippen LogP contribution >= 0.6 is 11.6 Å². The van der Waals surface area contributed by atoms with Crippen LogP contribution in [0.25, 0.3) is 6.08 Å². The molecule has 0 heterocycles. The lowest BCUT2D eigenvalue weighted by Crippen LogP contribution is -2.07. The molecule has 0 saturated carbocycles. The lowest BCUT2D eigenvalue weighted by atomic mass is 10.1. The van der Waals surface area contributed by atoms with Gasteiger partial charge in [0.25, 0.3) is 0 Å². The Hall–Kier alpha value is -1.28. The number of aryl methyl sites for hydroxylation is 1. The van der Waals surface area contributed by atoms with Gasteiger partial charge in [0, 0.05) is 11.4 Å². The van der Waals surface area contributed by atoms with E-state index in [1.165, 1.54) is 0 Å². The predicted octanol–water partition coefficient (Wildman–Crippen LogP) is 2.54. The van der Waals surface area contributed by atoms with Gasteiger partial charge in [0.2, 0.25) is 5.91 Å². The van der Waals surface area contributed by atoms with Crippen LogP contribution in [-0.2, 0) is 4.79 Å². The fourth-order valence-electron chi connectivity index (χ4n) is 1.08. The molecule has 0 atom stereocenters. The number of halogens is 1. The summed E-state index contributed by atoms with van der Waals surface area (Å²) in [4.78, 5) is 10.5. The second kappa shape index (κ2) is 4.82. The second-order valence-electron chi connectivity index (χ2n) is 3.08. The highest BCUT2D eigenvalue weighted by molar-refractivity contribution is 6.31. The molecule has 1 rings (SSSR count). The molecule has 1 amide bonds. The van der Waals surface area contributed by atoms with Gasteiger partial charge in [-0.05, 0) is 24.1 Å². The van der Waals surface area contributed by atoms with Crippen LogP contribution in [0.2, 0.25) is 5.02 Å². The minimum absolute atomic E-state index is 0.266. The number of benzene rings is 1. The molecule has 0 saturated heterocycles. The smallest absolute Gasteiger partial charge is 0.221 e. The van der Waals surface area contributed by atoms with Crippen molar-refractivity contribution in [2.75, 3.05) is 0 Å². The first-order valence-corrected chi connectivity index (χ1v) is 4.68. The zero-order valence-electron chi connectivity index (χ0n) is 7.96. The van der Waals surface area contributed by atoms with Crippen molar-refractivity contribution in [2.45, 2.75) is 13.3 Å². The Morgan fingerprint density at radius 2 is 2.29 bits per heavy atom. The number of nitrogens with two attached hydrogens (primary N) is 1. The van der Waals surface area contributed by atoms with E-state index in [4.69, 9.17) is 17.3 Å². The van der Waals surface area contributed by atoms with Gasteiger partial charge in [-0.15, -0.1) is 0 Å². The van der Waals surface area contributed by atoms with Gasteiger partial charge in [0.05, 0.1) is 0 Å². The summed E-state index contributed by atoms with van der Waals surface area (Å²) in [5, 5.41) is 0.747. The van der Waals surface area contributed by atoms with Crippen molar-refractivity contribution in [3.8, 4) is 0 Å². The number of carbonyl (C=O) groups is 1. The zero-order chi connectivity index (χ0) is 10.6. The third-order valence-electron chi connectivity index (χ3n) is 1.81. The van der Waals surface area contributed by atoms with E-state index in [0.717, 1.165) is 16.1 Å². The predicted molar refractivity (Wildman–Crippen MR) is 59.0 cm³/mol. The van der Waals surface area contributed by atoms with Crippen LogP contribution in [0.3, 0.4) is 0 Å². The molecule has 14 heavy (non-hydrogen) atoms. The number of carbonyl (C=O) groups excluding carboxylic acids is 1. The first-order chi connectivity index (χ1) is 6.59. The Morgan fingerprint density at radius 3 is 2.86 bits per heavy atom. The summed E-state index contributed by atoms with van der Waals surface area (Å²) in [5.41, 5.74) is 7.04. The molecule has 74 valence electrons. The van der Waals surface area contributed by atoms with E-state index in [2.05, 4.69) is 0 Å². The molecule has 0 aliphatic carbocycles. The van der Waals surface area contributed by atoms with E-state index >= 15 is 0 Å². The first kappa shape index (κ1) is 10.8. The number of amides is 1. The number of hydrogen-bond donors (Lipinski definition) is 1. The minimum Gasteiger partial charge on any atom is -0.369 e. The largest absolute Gasteiger partial charge is 0.369 e. The summed E-state index contributed by atoms with van der Waals surface area (Å²) >= 11 is 5.87. The highest BCUT2D eigenvalue weighted by atomic mass is 35.5. The average Bonchev–Trinajstić information content (AvgIpc) is 2.10. The van der Waals surface area contributed by atoms with Crippen molar-refractivity contribution in [1.82, 2.24) is 0 Å². The van der Waals surface area contributed by atoms with Gasteiger partial charge in [-0.2, -0.15) is 0 Å². The molecular weight excluding hydrogens is 198 g/mol. The summed E-state index contributed by atoms with van der Waals surface area (Å²) in [6.45, 7) is 1.94. The van der Waals surface area contributed by atoms with Crippen LogP contribution in [0.15, 0.2) is 24.3 Å². The number of rotatable bonds is 3. The molecule has 0 aliphatic heterocycles. The Bertz CT molecular complexity index is 372. The highest BCUT2D eigenvalue weighted by Gasteiger charge is 1.94. The van der Waals surface area contributed by atoms with E-state index < -0.39 is 0 Å². The lowest BCUT2D eigenvalue weighted by molar-refractivity contribution is -0.117. The maximum absolute atomic E-state index is 10.5. The highest BCUT2D eigenvalue weighted by Crippen LogP contribution is 2.17. The lowest BCUT2D eigenvalue weighted by Gasteiger charge is -1.98. The van der Waals surface area contributed by atoms with Gasteiger partial charge >= 0.3 is 0 Å². The van der Waals surface area contributed by atoms with Gasteiger partial charge in [-0.3, -0.25) is 4.79 Å². The molecule has 1 aromatic rings. The normalized spacial score (nSPS) is 10.7. The second-order valence-corrected chi connectivity index (χ2v) is 3.49. The van der Waals surface area contributed by atoms with Crippen molar-refractivity contribution in [2.24, 2.45) is 5.73 Å². The van der Waals surface area contributed by atoms with Crippen molar-refractivity contribution >= 4 is 23.6 Å². The average molecular weight is 210 g/mol. The van der Waals surface area contributed by atoms with E-state index in [1.54, 1.807) is 6.08 Å². The van der Waals surface area contributed by atoms with Crippen LogP contribution in [-0.4, -0.2) is 5.91 Å². The molecule has 0 aromatic heterocycles. The summed E-state index contributed by atoms with van der Waals surface area (Å²) in [6, 6.07) is 5.69. The van der Waals surface area contributed by atoms with Crippen LogP contribution in [0.4, 0.5) is 0 Å². The van der Waals surface area contributed by atoms with Crippen LogP contribution < -0.4 is 5.73 Å². The van der Waals surface area contributed by atoms with Gasteiger partial charge in [-0.25, -0.2) is 0 Å². The van der Waals surface area contributed by atoms with Crippen LogP contribution in [0, 0.1) is 6.92 Å². The van der Waals surface area contributed by atoms with Gasteiger partial charge in [0.15, 0.2) is 0 Å². The summed E-state index contributed by atoms with van der Waals surface area (Å²) in [7, 11) is 0. The third kappa shape index (κ3) is 3.23. The quantitative estimate of drug-likeness (QED) is 0.817. The van der Waals surface area contributed by atoms with E-state index in [1.807, 2.05) is 31.2 Å². The first-order valence-electron chi connectivity index (χ1n) is 4.30. The summed E-state index contributed by atoms with van der Waals surface area (Å²) in [5.74, 6) is -0.327. The van der Waals surface area contributed by atoms with Crippen molar-refractivity contribution < 1.29 is 4.79 Å². The van der Waals surface area contributed by atoms with Crippen LogP contribution in [0.1, 0.15) is 17.5 Å². The number of hydrogen-bond acceptors (Lipinski definition) is 1. The van der Waals surface area contributed by atoms with E-state index in [-0.39, 0.29) is 12.3 Å². The molecule has 0 spiro atoms. The maximum atomic E-state index is 10.5. The van der Waals surface area contributed by atoms with Crippen LogP contribution in [0.5, 0.6) is 0 Å². The maximum Gasteiger partial charge on any atom is 0.221 e. The van der Waals surface area contributed by atoms with E-state index in [9.17, 15) is 4.79 Å². The summed E-state index contributed by atoms with van der Waals surface area (Å²) < 4.78 is 0. The third-order valence-corrected chi connectivity index (χ3v) is 2.24. The Kier molecular flexibility index (Phi) is 3.72. The molecule has 0 aliphatic rings. The monoisotopic (exact) mass is 209 g/mol. The molecule has 3 heteroatoms. The Balaban J connectivity index is 2.73. The molecule has 1 aromatic carbocycles. The molecular formula is C11H12ClNO. The SMILES string of the molecule is Cc1cc(C=CCC(N)=O)ccc1Cl. The fourth-order valence-corrected chi connectivity index (χ4v) is 1.20. The fraction of sp³-hybridized carbons (Fsp3) is 0.182. The van der Waals surface area contributed by atoms with Crippen molar-refractivity contribution in [3.63, 3.8) is 0 Å². The molecule has 0 radical (unpaired) electrons. The molecule has 0 bridgehead atoms. The topological polar surface area (TPSA) is 43.1 Å². The van der Waals surface area contributed by atoms with Crippen molar-refractivity contribution in [3.05, 3.63) is 40.4 Å². The molecule has 2 nitrogen and oxygen atoms in total. The minimum atomic E-state index is -0.327.